The smallest absolute Gasteiger partial charge is 0.227 e. The highest BCUT2D eigenvalue weighted by Gasteiger charge is 2.29. The summed E-state index contributed by atoms with van der Waals surface area (Å²) in [5.41, 5.74) is 1.93. The summed E-state index contributed by atoms with van der Waals surface area (Å²) in [4.78, 5) is 24.4. The summed E-state index contributed by atoms with van der Waals surface area (Å²) in [6, 6.07) is 7.78. The molecule has 2 rings (SSSR count). The molecule has 2 N–H and O–H groups in total. The first-order valence-electron chi connectivity index (χ1n) is 8.25. The van der Waals surface area contributed by atoms with Gasteiger partial charge in [-0.2, -0.15) is 0 Å². The molecule has 1 aromatic rings. The van der Waals surface area contributed by atoms with Crippen LogP contribution in [-0.2, 0) is 14.3 Å². The second kappa shape index (κ2) is 8.67. The number of ether oxygens (including phenoxy) is 1. The predicted molar refractivity (Wildman–Crippen MR) is 90.1 cm³/mol. The molecule has 0 bridgehead atoms. The van der Waals surface area contributed by atoms with Gasteiger partial charge in [0.05, 0.1) is 6.61 Å². The first kappa shape index (κ1) is 17.5. The molecule has 126 valence electrons. The molecule has 0 spiro atoms. The van der Waals surface area contributed by atoms with Crippen molar-refractivity contribution in [2.75, 3.05) is 25.6 Å². The maximum Gasteiger partial charge on any atom is 0.227 e. The number of para-hydroxylation sites is 1. The Kier molecular flexibility index (Phi) is 6.59. The summed E-state index contributed by atoms with van der Waals surface area (Å²) in [5.74, 6) is 0.171. The molecule has 1 saturated carbocycles. The molecular weight excluding hydrogens is 292 g/mol. The number of hydrogen-bond acceptors (Lipinski definition) is 3. The number of aryl methyl sites for hydroxylation is 1. The van der Waals surface area contributed by atoms with E-state index in [9.17, 15) is 9.59 Å². The molecule has 0 heterocycles. The Morgan fingerprint density at radius 2 is 1.70 bits per heavy atom. The van der Waals surface area contributed by atoms with Crippen LogP contribution in [0.4, 0.5) is 5.69 Å². The van der Waals surface area contributed by atoms with E-state index in [1.165, 1.54) is 0 Å². The van der Waals surface area contributed by atoms with Crippen molar-refractivity contribution >= 4 is 17.5 Å². The molecule has 2 amide bonds. The number of methoxy groups -OCH3 is 1. The second-order valence-corrected chi connectivity index (χ2v) is 6.14. The standard InChI is InChI=1S/C18H26N2O3/c1-13-5-3-4-6-16(13)20-18(22)15-9-7-14(8-10-15)17(21)19-11-12-23-2/h3-6,14-15H,7-12H2,1-2H3,(H,19,21)(H,20,22). The van der Waals surface area contributed by atoms with E-state index in [0.717, 1.165) is 36.9 Å². The maximum absolute atomic E-state index is 12.4. The number of carbonyl (C=O) groups is 2. The summed E-state index contributed by atoms with van der Waals surface area (Å²) in [6.07, 6.45) is 3.06. The molecule has 23 heavy (non-hydrogen) atoms. The summed E-state index contributed by atoms with van der Waals surface area (Å²) < 4.78 is 4.93. The number of carbonyl (C=O) groups excluding carboxylic acids is 2. The third kappa shape index (κ3) is 5.06. The van der Waals surface area contributed by atoms with Crippen molar-refractivity contribution in [2.24, 2.45) is 11.8 Å². The van der Waals surface area contributed by atoms with Crippen molar-refractivity contribution in [3.8, 4) is 0 Å². The summed E-state index contributed by atoms with van der Waals surface area (Å²) in [5, 5.41) is 5.89. The van der Waals surface area contributed by atoms with Crippen LogP contribution in [0, 0.1) is 18.8 Å². The molecule has 1 aromatic carbocycles. The third-order valence-electron chi connectivity index (χ3n) is 4.48. The lowest BCUT2D eigenvalue weighted by molar-refractivity contribution is -0.128. The van der Waals surface area contributed by atoms with Crippen LogP contribution in [0.2, 0.25) is 0 Å². The largest absolute Gasteiger partial charge is 0.383 e. The highest BCUT2D eigenvalue weighted by Crippen LogP contribution is 2.30. The zero-order valence-electron chi connectivity index (χ0n) is 13.9. The van der Waals surface area contributed by atoms with Crippen molar-refractivity contribution < 1.29 is 14.3 Å². The number of amides is 2. The van der Waals surface area contributed by atoms with Crippen LogP contribution in [0.3, 0.4) is 0 Å². The highest BCUT2D eigenvalue weighted by atomic mass is 16.5. The molecule has 1 aliphatic carbocycles. The van der Waals surface area contributed by atoms with Gasteiger partial charge in [0.2, 0.25) is 11.8 Å². The molecule has 5 heteroatoms. The van der Waals surface area contributed by atoms with Crippen molar-refractivity contribution in [2.45, 2.75) is 32.6 Å². The van der Waals surface area contributed by atoms with Gasteiger partial charge in [0.1, 0.15) is 0 Å². The Morgan fingerprint density at radius 1 is 1.09 bits per heavy atom. The second-order valence-electron chi connectivity index (χ2n) is 6.14. The summed E-state index contributed by atoms with van der Waals surface area (Å²) in [6.45, 7) is 3.06. The topological polar surface area (TPSA) is 67.4 Å². The monoisotopic (exact) mass is 318 g/mol. The van der Waals surface area contributed by atoms with E-state index in [2.05, 4.69) is 10.6 Å². The molecule has 0 unspecified atom stereocenters. The number of anilines is 1. The van der Waals surface area contributed by atoms with Crippen molar-refractivity contribution in [3.05, 3.63) is 29.8 Å². The molecule has 1 fully saturated rings. The van der Waals surface area contributed by atoms with Crippen LogP contribution in [0.25, 0.3) is 0 Å². The lowest BCUT2D eigenvalue weighted by atomic mass is 9.81. The average molecular weight is 318 g/mol. The first-order valence-corrected chi connectivity index (χ1v) is 8.25. The third-order valence-corrected chi connectivity index (χ3v) is 4.48. The van der Waals surface area contributed by atoms with Crippen LogP contribution in [0.15, 0.2) is 24.3 Å². The first-order chi connectivity index (χ1) is 11.1. The van der Waals surface area contributed by atoms with Crippen molar-refractivity contribution in [1.82, 2.24) is 5.32 Å². The fourth-order valence-corrected chi connectivity index (χ4v) is 2.99. The molecule has 1 aliphatic rings. The van der Waals surface area contributed by atoms with Crippen LogP contribution < -0.4 is 10.6 Å². The Hall–Kier alpha value is -1.88. The van der Waals surface area contributed by atoms with Crippen LogP contribution in [0.1, 0.15) is 31.2 Å². The van der Waals surface area contributed by atoms with Crippen molar-refractivity contribution in [3.63, 3.8) is 0 Å². The summed E-state index contributed by atoms with van der Waals surface area (Å²) in [7, 11) is 1.62. The van der Waals surface area contributed by atoms with Gasteiger partial charge >= 0.3 is 0 Å². The normalized spacial score (nSPS) is 20.8. The molecule has 0 aromatic heterocycles. The lowest BCUT2D eigenvalue weighted by Crippen LogP contribution is -2.36. The van der Waals surface area contributed by atoms with Crippen LogP contribution in [0.5, 0.6) is 0 Å². The van der Waals surface area contributed by atoms with Gasteiger partial charge in [-0.05, 0) is 44.2 Å². The van der Waals surface area contributed by atoms with E-state index in [1.54, 1.807) is 7.11 Å². The fraction of sp³-hybridized carbons (Fsp3) is 0.556. The van der Waals surface area contributed by atoms with Gasteiger partial charge in [0, 0.05) is 31.2 Å². The Balaban J connectivity index is 1.78. The number of benzene rings is 1. The molecule has 0 saturated heterocycles. The molecule has 5 nitrogen and oxygen atoms in total. The van der Waals surface area contributed by atoms with E-state index >= 15 is 0 Å². The average Bonchev–Trinajstić information content (AvgIpc) is 2.57. The minimum Gasteiger partial charge on any atom is -0.383 e. The quantitative estimate of drug-likeness (QED) is 0.792. The Morgan fingerprint density at radius 3 is 2.30 bits per heavy atom. The SMILES string of the molecule is COCCNC(=O)C1CCC(C(=O)Nc2ccccc2C)CC1. The van der Waals surface area contributed by atoms with Crippen LogP contribution in [-0.4, -0.2) is 32.1 Å². The molecule has 0 aliphatic heterocycles. The Labute approximate surface area is 137 Å². The maximum atomic E-state index is 12.4. The van der Waals surface area contributed by atoms with E-state index in [0.29, 0.717) is 13.2 Å². The number of hydrogen-bond donors (Lipinski definition) is 2. The van der Waals surface area contributed by atoms with Gasteiger partial charge in [0.15, 0.2) is 0 Å². The van der Waals surface area contributed by atoms with E-state index in [-0.39, 0.29) is 23.7 Å². The van der Waals surface area contributed by atoms with E-state index in [4.69, 9.17) is 4.74 Å². The van der Waals surface area contributed by atoms with Gasteiger partial charge in [-0.15, -0.1) is 0 Å². The van der Waals surface area contributed by atoms with Gasteiger partial charge in [-0.1, -0.05) is 18.2 Å². The molecular formula is C18H26N2O3. The minimum atomic E-state index is -0.00219. The van der Waals surface area contributed by atoms with Crippen molar-refractivity contribution in [1.29, 1.82) is 0 Å². The van der Waals surface area contributed by atoms with Gasteiger partial charge in [-0.3, -0.25) is 9.59 Å². The number of rotatable bonds is 6. The zero-order valence-corrected chi connectivity index (χ0v) is 13.9. The van der Waals surface area contributed by atoms with E-state index in [1.807, 2.05) is 31.2 Å². The summed E-state index contributed by atoms with van der Waals surface area (Å²) >= 11 is 0. The van der Waals surface area contributed by atoms with Crippen LogP contribution >= 0.6 is 0 Å². The zero-order chi connectivity index (χ0) is 16.7. The fourth-order valence-electron chi connectivity index (χ4n) is 2.99. The Bertz CT molecular complexity index is 537. The van der Waals surface area contributed by atoms with E-state index < -0.39 is 0 Å². The van der Waals surface area contributed by atoms with Gasteiger partial charge in [-0.25, -0.2) is 0 Å². The molecule has 0 radical (unpaired) electrons. The number of nitrogens with one attached hydrogen (secondary N) is 2. The lowest BCUT2D eigenvalue weighted by Gasteiger charge is -2.27. The van der Waals surface area contributed by atoms with Gasteiger partial charge in [0.25, 0.3) is 0 Å². The molecule has 0 atom stereocenters. The van der Waals surface area contributed by atoms with Gasteiger partial charge < -0.3 is 15.4 Å². The highest BCUT2D eigenvalue weighted by molar-refractivity contribution is 5.93. The minimum absolute atomic E-state index is 0.00219. The predicted octanol–water partition coefficient (Wildman–Crippen LogP) is 2.50.